The number of ether oxygens (including phenoxy) is 2. The largest absolute Gasteiger partial charge is 0.459 e. The number of benzene rings is 1. The highest BCUT2D eigenvalue weighted by atomic mass is 16.6. The van der Waals surface area contributed by atoms with Gasteiger partial charge in [-0.1, -0.05) is 29.8 Å². The van der Waals surface area contributed by atoms with Crippen LogP contribution < -0.4 is 5.32 Å². The maximum atomic E-state index is 11.8. The Hall–Kier alpha value is -2.04. The minimum absolute atomic E-state index is 0.180. The van der Waals surface area contributed by atoms with Crippen molar-refractivity contribution in [2.45, 2.75) is 52.9 Å². The first-order valence-electron chi connectivity index (χ1n) is 6.89. The normalized spacial score (nSPS) is 12.4. The summed E-state index contributed by atoms with van der Waals surface area (Å²) in [6.07, 6.45) is -0.637. The summed E-state index contributed by atoms with van der Waals surface area (Å²) in [5.74, 6) is -0.499. The summed E-state index contributed by atoms with van der Waals surface area (Å²) in [4.78, 5) is 23.3. The first kappa shape index (κ1) is 17.0. The van der Waals surface area contributed by atoms with Crippen LogP contribution in [0.1, 0.15) is 38.8 Å². The molecule has 5 heteroatoms. The fourth-order valence-electron chi connectivity index (χ4n) is 1.51. The highest BCUT2D eigenvalue weighted by Gasteiger charge is 2.21. The molecule has 1 amide bonds. The predicted molar refractivity (Wildman–Crippen MR) is 79.8 cm³/mol. The average Bonchev–Trinajstić information content (AvgIpc) is 2.35. The molecule has 1 rings (SSSR count). The molecule has 21 heavy (non-hydrogen) atoms. The molecule has 1 atom stereocenters. The highest BCUT2D eigenvalue weighted by molar-refractivity contribution is 5.81. The molecule has 0 radical (unpaired) electrons. The van der Waals surface area contributed by atoms with Crippen molar-refractivity contribution in [1.29, 1.82) is 0 Å². The van der Waals surface area contributed by atoms with Crippen LogP contribution in [0.2, 0.25) is 0 Å². The van der Waals surface area contributed by atoms with Gasteiger partial charge < -0.3 is 14.8 Å². The van der Waals surface area contributed by atoms with Crippen molar-refractivity contribution in [3.05, 3.63) is 35.4 Å². The summed E-state index contributed by atoms with van der Waals surface area (Å²) < 4.78 is 10.2. The summed E-state index contributed by atoms with van der Waals surface area (Å²) in [5, 5.41) is 2.45. The van der Waals surface area contributed by atoms with Crippen LogP contribution in [0.5, 0.6) is 0 Å². The summed E-state index contributed by atoms with van der Waals surface area (Å²) in [6, 6.07) is 6.94. The van der Waals surface area contributed by atoms with Gasteiger partial charge in [0.25, 0.3) is 0 Å². The van der Waals surface area contributed by atoms with Gasteiger partial charge >= 0.3 is 12.1 Å². The molecule has 0 aliphatic rings. The SMILES string of the molecule is Cc1ccc(COC(=O)[C@@H](C)NC(=O)OC(C)(C)C)cc1. The van der Waals surface area contributed by atoms with Crippen LogP contribution in [-0.4, -0.2) is 23.7 Å². The summed E-state index contributed by atoms with van der Waals surface area (Å²) in [7, 11) is 0. The topological polar surface area (TPSA) is 64.6 Å². The Morgan fingerprint density at radius 2 is 1.76 bits per heavy atom. The summed E-state index contributed by atoms with van der Waals surface area (Å²) >= 11 is 0. The molecule has 1 N–H and O–H groups in total. The second-order valence-electron chi connectivity index (χ2n) is 5.96. The van der Waals surface area contributed by atoms with E-state index in [2.05, 4.69) is 5.32 Å². The number of rotatable bonds is 4. The van der Waals surface area contributed by atoms with Crippen molar-refractivity contribution >= 4 is 12.1 Å². The van der Waals surface area contributed by atoms with E-state index in [1.165, 1.54) is 0 Å². The fraction of sp³-hybridized carbons (Fsp3) is 0.500. The smallest absolute Gasteiger partial charge is 0.408 e. The molecule has 0 aliphatic carbocycles. The van der Waals surface area contributed by atoms with Crippen molar-refractivity contribution in [1.82, 2.24) is 5.32 Å². The molecule has 0 heterocycles. The molecule has 0 spiro atoms. The van der Waals surface area contributed by atoms with Crippen LogP contribution in [0.25, 0.3) is 0 Å². The van der Waals surface area contributed by atoms with Gasteiger partial charge in [-0.2, -0.15) is 0 Å². The zero-order chi connectivity index (χ0) is 16.0. The number of amides is 1. The van der Waals surface area contributed by atoms with E-state index in [9.17, 15) is 9.59 Å². The van der Waals surface area contributed by atoms with Gasteiger partial charge in [0.15, 0.2) is 0 Å². The Balaban J connectivity index is 2.40. The molecule has 0 fully saturated rings. The van der Waals surface area contributed by atoms with Crippen LogP contribution in [0.4, 0.5) is 4.79 Å². The molecule has 5 nitrogen and oxygen atoms in total. The zero-order valence-electron chi connectivity index (χ0n) is 13.2. The van der Waals surface area contributed by atoms with Crippen molar-refractivity contribution in [2.75, 3.05) is 0 Å². The molecular formula is C16H23NO4. The van der Waals surface area contributed by atoms with Crippen molar-refractivity contribution < 1.29 is 19.1 Å². The first-order chi connectivity index (χ1) is 9.67. The molecular weight excluding hydrogens is 270 g/mol. The number of alkyl carbamates (subject to hydrolysis) is 1. The van der Waals surface area contributed by atoms with Gasteiger partial charge in [0.1, 0.15) is 18.2 Å². The van der Waals surface area contributed by atoms with Gasteiger partial charge in [-0.15, -0.1) is 0 Å². The van der Waals surface area contributed by atoms with Crippen molar-refractivity contribution in [3.8, 4) is 0 Å². The van der Waals surface area contributed by atoms with E-state index in [4.69, 9.17) is 9.47 Å². The van der Waals surface area contributed by atoms with Gasteiger partial charge in [0, 0.05) is 0 Å². The van der Waals surface area contributed by atoms with Crippen LogP contribution in [-0.2, 0) is 20.9 Å². The Kier molecular flexibility index (Phi) is 5.76. The zero-order valence-corrected chi connectivity index (χ0v) is 13.2. The minimum Gasteiger partial charge on any atom is -0.459 e. The summed E-state index contributed by atoms with van der Waals surface area (Å²) in [5.41, 5.74) is 1.44. The lowest BCUT2D eigenvalue weighted by Gasteiger charge is -2.21. The third-order valence-electron chi connectivity index (χ3n) is 2.59. The van der Waals surface area contributed by atoms with Crippen molar-refractivity contribution in [3.63, 3.8) is 0 Å². The van der Waals surface area contributed by atoms with Gasteiger partial charge in [0.2, 0.25) is 0 Å². The minimum atomic E-state index is -0.759. The lowest BCUT2D eigenvalue weighted by atomic mass is 10.2. The van der Waals surface area contributed by atoms with Gasteiger partial charge in [-0.25, -0.2) is 9.59 Å². The van der Waals surface area contributed by atoms with E-state index in [1.807, 2.05) is 31.2 Å². The van der Waals surface area contributed by atoms with Crippen LogP contribution in [0.3, 0.4) is 0 Å². The number of hydrogen-bond donors (Lipinski definition) is 1. The molecule has 1 aromatic carbocycles. The van der Waals surface area contributed by atoms with Gasteiger partial charge in [-0.3, -0.25) is 0 Å². The molecule has 1 aromatic rings. The highest BCUT2D eigenvalue weighted by Crippen LogP contribution is 2.08. The van der Waals surface area contributed by atoms with Crippen LogP contribution >= 0.6 is 0 Å². The number of carbonyl (C=O) groups is 2. The van der Waals surface area contributed by atoms with E-state index < -0.39 is 23.7 Å². The maximum Gasteiger partial charge on any atom is 0.408 e. The van der Waals surface area contributed by atoms with E-state index in [0.29, 0.717) is 0 Å². The molecule has 0 saturated carbocycles. The Labute approximate surface area is 125 Å². The predicted octanol–water partition coefficient (Wildman–Crippen LogP) is 2.95. The third kappa shape index (κ3) is 6.79. The second kappa shape index (κ2) is 7.11. The van der Waals surface area contributed by atoms with Gasteiger partial charge in [0.05, 0.1) is 0 Å². The van der Waals surface area contributed by atoms with Crippen molar-refractivity contribution in [2.24, 2.45) is 0 Å². The number of aryl methyl sites for hydroxylation is 1. The van der Waals surface area contributed by atoms with E-state index >= 15 is 0 Å². The number of carbonyl (C=O) groups excluding carboxylic acids is 2. The number of nitrogens with one attached hydrogen (secondary N) is 1. The van der Waals surface area contributed by atoms with E-state index in [-0.39, 0.29) is 6.61 Å². The first-order valence-corrected chi connectivity index (χ1v) is 6.89. The van der Waals surface area contributed by atoms with E-state index in [0.717, 1.165) is 11.1 Å². The molecule has 116 valence electrons. The van der Waals surface area contributed by atoms with Crippen LogP contribution in [0.15, 0.2) is 24.3 Å². The molecule has 0 bridgehead atoms. The Bertz CT molecular complexity index is 488. The molecule has 0 aliphatic heterocycles. The monoisotopic (exact) mass is 293 g/mol. The second-order valence-corrected chi connectivity index (χ2v) is 5.96. The van der Waals surface area contributed by atoms with Crippen LogP contribution in [0, 0.1) is 6.92 Å². The van der Waals surface area contributed by atoms with E-state index in [1.54, 1.807) is 27.7 Å². The quantitative estimate of drug-likeness (QED) is 0.867. The Morgan fingerprint density at radius 1 is 1.19 bits per heavy atom. The molecule has 0 aromatic heterocycles. The number of hydrogen-bond acceptors (Lipinski definition) is 4. The summed E-state index contributed by atoms with van der Waals surface area (Å²) in [6.45, 7) is 9.00. The fourth-order valence-corrected chi connectivity index (χ4v) is 1.51. The van der Waals surface area contributed by atoms with Gasteiger partial charge in [-0.05, 0) is 40.2 Å². The lowest BCUT2D eigenvalue weighted by molar-refractivity contribution is -0.147. The maximum absolute atomic E-state index is 11.8. The number of esters is 1. The molecule has 0 saturated heterocycles. The standard InChI is InChI=1S/C16H23NO4/c1-11-6-8-13(9-7-11)10-20-14(18)12(2)17-15(19)21-16(3,4)5/h6-9,12H,10H2,1-5H3,(H,17,19)/t12-/m1/s1. The molecule has 0 unspecified atom stereocenters. The lowest BCUT2D eigenvalue weighted by Crippen LogP contribution is -2.42. The Morgan fingerprint density at radius 3 is 2.29 bits per heavy atom. The third-order valence-corrected chi connectivity index (χ3v) is 2.59. The average molecular weight is 293 g/mol.